The minimum Gasteiger partial charge on any atom is -0.457 e. The number of furan rings is 1. The number of aromatic nitrogens is 2. The van der Waals surface area contributed by atoms with E-state index >= 15 is 0 Å². The molecule has 152 valence electrons. The van der Waals surface area contributed by atoms with E-state index < -0.39 is 0 Å². The number of fused-ring (bicyclic) bond motifs is 1. The van der Waals surface area contributed by atoms with Gasteiger partial charge in [0.15, 0.2) is 16.7 Å². The molecule has 4 aromatic rings. The summed E-state index contributed by atoms with van der Waals surface area (Å²) >= 11 is 1.62. The van der Waals surface area contributed by atoms with E-state index in [1.54, 1.807) is 18.4 Å². The summed E-state index contributed by atoms with van der Waals surface area (Å²) in [6, 6.07) is 12.0. The van der Waals surface area contributed by atoms with E-state index in [0.29, 0.717) is 24.9 Å². The van der Waals surface area contributed by atoms with Crippen LogP contribution < -0.4 is 10.6 Å². The number of thiazole rings is 1. The molecule has 9 heteroatoms. The average Bonchev–Trinajstić information content (AvgIpc) is 3.40. The summed E-state index contributed by atoms with van der Waals surface area (Å²) in [7, 11) is 1.72. The molecule has 0 saturated carbocycles. The van der Waals surface area contributed by atoms with Gasteiger partial charge in [-0.15, -0.1) is 35.3 Å². The summed E-state index contributed by atoms with van der Waals surface area (Å²) in [6.07, 6.45) is 0. The Labute approximate surface area is 189 Å². The zero-order valence-corrected chi connectivity index (χ0v) is 19.5. The highest BCUT2D eigenvalue weighted by Crippen LogP contribution is 2.31. The molecule has 7 nitrogen and oxygen atoms in total. The molecule has 4 rings (SSSR count). The molecular formula is C20H22IN5O2S. The van der Waals surface area contributed by atoms with Crippen molar-refractivity contribution in [3.8, 4) is 10.8 Å². The summed E-state index contributed by atoms with van der Waals surface area (Å²) in [6.45, 7) is 4.80. The normalized spacial score (nSPS) is 11.5. The largest absolute Gasteiger partial charge is 0.457 e. The lowest BCUT2D eigenvalue weighted by Gasteiger charge is -2.09. The van der Waals surface area contributed by atoms with Crippen LogP contribution in [0.25, 0.3) is 21.0 Å². The number of hydrogen-bond donors (Lipinski definition) is 2. The standard InChI is InChI=1S/C20H21N5O2S.HI/c1-12-13(2)26-18(24-12)11-23-20(21-3)22-10-14-8-9-16(27-14)19-25-15-6-4-5-7-17(15)28-19;/h4-9H,10-11H2,1-3H3,(H2,21,22,23);1H. The number of halogens is 1. The fraction of sp³-hybridized carbons (Fsp3) is 0.250. The van der Waals surface area contributed by atoms with Crippen molar-refractivity contribution in [3.63, 3.8) is 0 Å². The number of hydrogen-bond acceptors (Lipinski definition) is 6. The summed E-state index contributed by atoms with van der Waals surface area (Å²) in [4.78, 5) is 13.2. The van der Waals surface area contributed by atoms with Crippen molar-refractivity contribution < 1.29 is 8.83 Å². The summed E-state index contributed by atoms with van der Waals surface area (Å²) in [5.41, 5.74) is 1.89. The van der Waals surface area contributed by atoms with Gasteiger partial charge in [-0.25, -0.2) is 9.97 Å². The van der Waals surface area contributed by atoms with Crippen LogP contribution in [0.15, 0.2) is 50.2 Å². The summed E-state index contributed by atoms with van der Waals surface area (Å²) in [5, 5.41) is 7.29. The Kier molecular flexibility index (Phi) is 6.91. The van der Waals surface area contributed by atoms with Crippen LogP contribution in [-0.2, 0) is 13.1 Å². The molecule has 3 heterocycles. The molecule has 0 radical (unpaired) electrons. The molecule has 0 unspecified atom stereocenters. The fourth-order valence-corrected chi connectivity index (χ4v) is 3.66. The number of aliphatic imine (C=N–C) groups is 1. The topological polar surface area (TPSA) is 88.5 Å². The Morgan fingerprint density at radius 1 is 1.03 bits per heavy atom. The molecule has 0 aliphatic rings. The van der Waals surface area contributed by atoms with Crippen LogP contribution >= 0.6 is 35.3 Å². The van der Waals surface area contributed by atoms with Crippen LogP contribution in [0, 0.1) is 13.8 Å². The van der Waals surface area contributed by atoms with Gasteiger partial charge in [0.05, 0.1) is 29.0 Å². The first kappa shape index (κ1) is 21.3. The highest BCUT2D eigenvalue weighted by Gasteiger charge is 2.11. The van der Waals surface area contributed by atoms with Gasteiger partial charge in [-0.05, 0) is 38.1 Å². The van der Waals surface area contributed by atoms with Crippen LogP contribution in [0.1, 0.15) is 23.1 Å². The van der Waals surface area contributed by atoms with E-state index in [1.807, 2.05) is 44.2 Å². The lowest BCUT2D eigenvalue weighted by Crippen LogP contribution is -2.36. The number of para-hydroxylation sites is 1. The molecule has 2 N–H and O–H groups in total. The SMILES string of the molecule is CN=C(NCc1ccc(-c2nc3ccccc3s2)o1)NCc1nc(C)c(C)o1.I. The lowest BCUT2D eigenvalue weighted by molar-refractivity contribution is 0.463. The van der Waals surface area contributed by atoms with Crippen molar-refractivity contribution in [2.24, 2.45) is 4.99 Å². The Balaban J connectivity index is 0.00000240. The van der Waals surface area contributed by atoms with Crippen LogP contribution in [0.4, 0.5) is 0 Å². The van der Waals surface area contributed by atoms with Gasteiger partial charge >= 0.3 is 0 Å². The van der Waals surface area contributed by atoms with Crippen LogP contribution in [-0.4, -0.2) is 23.0 Å². The molecule has 29 heavy (non-hydrogen) atoms. The molecule has 0 aliphatic heterocycles. The van der Waals surface area contributed by atoms with Gasteiger partial charge in [0.25, 0.3) is 0 Å². The Morgan fingerprint density at radius 2 is 1.83 bits per heavy atom. The molecule has 0 saturated heterocycles. The Morgan fingerprint density at radius 3 is 2.55 bits per heavy atom. The highest BCUT2D eigenvalue weighted by molar-refractivity contribution is 14.0. The molecule has 0 spiro atoms. The number of aryl methyl sites for hydroxylation is 2. The van der Waals surface area contributed by atoms with Crippen molar-refractivity contribution in [2.75, 3.05) is 7.05 Å². The van der Waals surface area contributed by atoms with Crippen LogP contribution in [0.5, 0.6) is 0 Å². The van der Waals surface area contributed by atoms with E-state index in [0.717, 1.165) is 38.2 Å². The van der Waals surface area contributed by atoms with Gasteiger partial charge in [0.1, 0.15) is 11.5 Å². The predicted molar refractivity (Wildman–Crippen MR) is 126 cm³/mol. The molecule has 0 atom stereocenters. The van der Waals surface area contributed by atoms with Crippen molar-refractivity contribution in [3.05, 3.63) is 59.5 Å². The molecule has 1 aromatic carbocycles. The maximum absolute atomic E-state index is 5.95. The third kappa shape index (κ3) is 4.96. The molecular weight excluding hydrogens is 501 g/mol. The fourth-order valence-electron chi connectivity index (χ4n) is 2.73. The number of nitrogens with zero attached hydrogens (tertiary/aromatic N) is 3. The third-order valence-corrected chi connectivity index (χ3v) is 5.35. The van der Waals surface area contributed by atoms with Crippen LogP contribution in [0.3, 0.4) is 0 Å². The van der Waals surface area contributed by atoms with Gasteiger partial charge in [-0.2, -0.15) is 0 Å². The van der Waals surface area contributed by atoms with Crippen LogP contribution in [0.2, 0.25) is 0 Å². The van der Waals surface area contributed by atoms with E-state index in [4.69, 9.17) is 8.83 Å². The third-order valence-electron chi connectivity index (χ3n) is 4.30. The molecule has 0 fully saturated rings. The second kappa shape index (κ2) is 9.40. The van der Waals surface area contributed by atoms with Gasteiger partial charge in [-0.3, -0.25) is 4.99 Å². The van der Waals surface area contributed by atoms with Crippen molar-refractivity contribution in [1.82, 2.24) is 20.6 Å². The number of oxazole rings is 1. The van der Waals surface area contributed by atoms with Crippen molar-refractivity contribution in [1.29, 1.82) is 0 Å². The Bertz CT molecular complexity index is 1080. The lowest BCUT2D eigenvalue weighted by atomic mass is 10.3. The molecule has 0 aliphatic carbocycles. The Hall–Kier alpha value is -2.40. The van der Waals surface area contributed by atoms with Gasteiger partial charge in [0, 0.05) is 7.05 Å². The number of nitrogens with one attached hydrogen (secondary N) is 2. The predicted octanol–water partition coefficient (Wildman–Crippen LogP) is 4.64. The average molecular weight is 523 g/mol. The quantitative estimate of drug-likeness (QED) is 0.225. The summed E-state index contributed by atoms with van der Waals surface area (Å²) < 4.78 is 12.7. The van der Waals surface area contributed by atoms with Gasteiger partial charge in [-0.1, -0.05) is 12.1 Å². The monoisotopic (exact) mass is 523 g/mol. The maximum Gasteiger partial charge on any atom is 0.214 e. The zero-order chi connectivity index (χ0) is 19.5. The minimum atomic E-state index is 0. The number of benzene rings is 1. The second-order valence-electron chi connectivity index (χ2n) is 6.28. The van der Waals surface area contributed by atoms with Crippen molar-refractivity contribution >= 4 is 51.5 Å². The first-order chi connectivity index (χ1) is 13.6. The number of rotatable bonds is 5. The molecule has 0 amide bonds. The van der Waals surface area contributed by atoms with Gasteiger partial charge in [0.2, 0.25) is 5.89 Å². The van der Waals surface area contributed by atoms with Crippen molar-refractivity contribution in [2.45, 2.75) is 26.9 Å². The first-order valence-electron chi connectivity index (χ1n) is 8.94. The first-order valence-corrected chi connectivity index (χ1v) is 9.76. The zero-order valence-electron chi connectivity index (χ0n) is 16.4. The molecule has 0 bridgehead atoms. The number of guanidine groups is 1. The summed E-state index contributed by atoms with van der Waals surface area (Å²) in [5.74, 6) is 3.69. The maximum atomic E-state index is 5.95. The van der Waals surface area contributed by atoms with E-state index in [2.05, 4.69) is 31.7 Å². The van der Waals surface area contributed by atoms with E-state index in [9.17, 15) is 0 Å². The highest BCUT2D eigenvalue weighted by atomic mass is 127. The minimum absolute atomic E-state index is 0. The smallest absolute Gasteiger partial charge is 0.214 e. The van der Waals surface area contributed by atoms with E-state index in [1.165, 1.54) is 0 Å². The van der Waals surface area contributed by atoms with Gasteiger partial charge < -0.3 is 19.5 Å². The molecule has 3 aromatic heterocycles. The second-order valence-corrected chi connectivity index (χ2v) is 7.31. The van der Waals surface area contributed by atoms with E-state index in [-0.39, 0.29) is 24.0 Å².